The average molecular weight is 486 g/mol. The number of Topliss-reactive ketones (excluding diaryl/α,β-unsaturated/α-hetero) is 1. The number of benzene rings is 2. The summed E-state index contributed by atoms with van der Waals surface area (Å²) in [5, 5.41) is 8.12. The molecule has 1 amide bonds. The SMILES string of the molecule is Cc1cc(NC(=O)CC(=O)CSc2nc3c(n2-c2ccccc2)CCCC3)n(-c2ccccc2)n1. The first-order valence-electron chi connectivity index (χ1n) is 11.8. The molecular weight excluding hydrogens is 458 g/mol. The van der Waals surface area contributed by atoms with E-state index in [4.69, 9.17) is 4.98 Å². The summed E-state index contributed by atoms with van der Waals surface area (Å²) in [7, 11) is 0. The molecule has 2 aromatic carbocycles. The molecule has 2 heterocycles. The maximum absolute atomic E-state index is 12.7. The highest BCUT2D eigenvalue weighted by Crippen LogP contribution is 2.30. The summed E-state index contributed by atoms with van der Waals surface area (Å²) >= 11 is 1.40. The van der Waals surface area contributed by atoms with Crippen LogP contribution in [0, 0.1) is 6.92 Å². The van der Waals surface area contributed by atoms with Crippen molar-refractivity contribution >= 4 is 29.3 Å². The lowest BCUT2D eigenvalue weighted by molar-refractivity contribution is -0.124. The van der Waals surface area contributed by atoms with Gasteiger partial charge in [-0.3, -0.25) is 14.2 Å². The van der Waals surface area contributed by atoms with Crippen LogP contribution in [-0.4, -0.2) is 36.8 Å². The Hall–Kier alpha value is -3.65. The third kappa shape index (κ3) is 5.22. The fraction of sp³-hybridized carbons (Fsp3) is 0.259. The number of hydrogen-bond acceptors (Lipinski definition) is 5. The topological polar surface area (TPSA) is 81.8 Å². The number of aromatic nitrogens is 4. The number of carbonyl (C=O) groups is 2. The van der Waals surface area contributed by atoms with Crippen LogP contribution >= 0.6 is 11.8 Å². The lowest BCUT2D eigenvalue weighted by Gasteiger charge is -2.15. The average Bonchev–Trinajstić information content (AvgIpc) is 3.43. The van der Waals surface area contributed by atoms with Gasteiger partial charge in [-0.15, -0.1) is 0 Å². The van der Waals surface area contributed by atoms with E-state index in [9.17, 15) is 9.59 Å². The van der Waals surface area contributed by atoms with Crippen molar-refractivity contribution in [2.75, 3.05) is 11.1 Å². The third-order valence-electron chi connectivity index (χ3n) is 5.94. The number of ketones is 1. The van der Waals surface area contributed by atoms with Gasteiger partial charge in [0.15, 0.2) is 10.9 Å². The van der Waals surface area contributed by atoms with E-state index in [0.29, 0.717) is 5.82 Å². The predicted molar refractivity (Wildman–Crippen MR) is 137 cm³/mol. The predicted octanol–water partition coefficient (Wildman–Crippen LogP) is 4.94. The number of carbonyl (C=O) groups excluding carboxylic acids is 2. The van der Waals surface area contributed by atoms with Crippen LogP contribution in [0.3, 0.4) is 0 Å². The number of anilines is 1. The lowest BCUT2D eigenvalue weighted by atomic mass is 10.0. The van der Waals surface area contributed by atoms with E-state index in [1.54, 1.807) is 10.7 Å². The number of rotatable bonds is 8. The third-order valence-corrected chi connectivity index (χ3v) is 6.93. The Labute approximate surface area is 208 Å². The maximum atomic E-state index is 12.7. The smallest absolute Gasteiger partial charge is 0.233 e. The van der Waals surface area contributed by atoms with Crippen LogP contribution in [0.1, 0.15) is 36.3 Å². The van der Waals surface area contributed by atoms with Gasteiger partial charge in [-0.2, -0.15) is 5.10 Å². The van der Waals surface area contributed by atoms with Crippen LogP contribution in [0.5, 0.6) is 0 Å². The molecule has 0 fully saturated rings. The number of para-hydroxylation sites is 2. The molecule has 7 nitrogen and oxygen atoms in total. The van der Waals surface area contributed by atoms with Gasteiger partial charge in [0.2, 0.25) is 5.91 Å². The lowest BCUT2D eigenvalue weighted by Crippen LogP contribution is -2.19. The molecule has 0 saturated carbocycles. The number of imidazole rings is 1. The maximum Gasteiger partial charge on any atom is 0.233 e. The molecule has 0 aliphatic heterocycles. The molecule has 1 aliphatic carbocycles. The van der Waals surface area contributed by atoms with Crippen molar-refractivity contribution in [1.29, 1.82) is 0 Å². The summed E-state index contributed by atoms with van der Waals surface area (Å²) in [5.74, 6) is 0.244. The Morgan fingerprint density at radius 2 is 1.66 bits per heavy atom. The first-order chi connectivity index (χ1) is 17.1. The second-order valence-corrected chi connectivity index (χ2v) is 9.58. The molecule has 1 aliphatic rings. The van der Waals surface area contributed by atoms with Crippen LogP contribution in [-0.2, 0) is 22.4 Å². The normalized spacial score (nSPS) is 12.8. The number of nitrogens with one attached hydrogen (secondary N) is 1. The Morgan fingerprint density at radius 3 is 2.40 bits per heavy atom. The number of amides is 1. The molecule has 0 unspecified atom stereocenters. The fourth-order valence-electron chi connectivity index (χ4n) is 4.37. The van der Waals surface area contributed by atoms with Crippen LogP contribution in [0.2, 0.25) is 0 Å². The molecule has 1 N–H and O–H groups in total. The highest BCUT2D eigenvalue weighted by atomic mass is 32.2. The molecule has 8 heteroatoms. The monoisotopic (exact) mass is 485 g/mol. The van der Waals surface area contributed by atoms with E-state index in [1.165, 1.54) is 17.5 Å². The van der Waals surface area contributed by atoms with Crippen LogP contribution in [0.4, 0.5) is 5.82 Å². The summed E-state index contributed by atoms with van der Waals surface area (Å²) in [4.78, 5) is 30.3. The van der Waals surface area contributed by atoms with Gasteiger partial charge >= 0.3 is 0 Å². The number of fused-ring (bicyclic) bond motifs is 1. The van der Waals surface area contributed by atoms with Crippen molar-refractivity contribution < 1.29 is 9.59 Å². The quantitative estimate of drug-likeness (QED) is 0.283. The van der Waals surface area contributed by atoms with Crippen molar-refractivity contribution in [3.8, 4) is 11.4 Å². The van der Waals surface area contributed by atoms with Crippen LogP contribution in [0.25, 0.3) is 11.4 Å². The molecule has 35 heavy (non-hydrogen) atoms. The zero-order chi connectivity index (χ0) is 24.2. The minimum atomic E-state index is -0.349. The zero-order valence-electron chi connectivity index (χ0n) is 19.6. The zero-order valence-corrected chi connectivity index (χ0v) is 20.4. The first-order valence-corrected chi connectivity index (χ1v) is 12.8. The highest BCUT2D eigenvalue weighted by Gasteiger charge is 2.22. The Bertz CT molecular complexity index is 1340. The minimum Gasteiger partial charge on any atom is -0.310 e. The van der Waals surface area contributed by atoms with E-state index >= 15 is 0 Å². The van der Waals surface area contributed by atoms with E-state index in [0.717, 1.165) is 53.6 Å². The first kappa shape index (κ1) is 23.1. The van der Waals surface area contributed by atoms with Gasteiger partial charge in [0.05, 0.1) is 29.2 Å². The summed E-state index contributed by atoms with van der Waals surface area (Å²) in [5.41, 5.74) is 5.04. The number of aryl methyl sites for hydroxylation is 2. The molecule has 5 rings (SSSR count). The van der Waals surface area contributed by atoms with Crippen molar-refractivity contribution in [2.24, 2.45) is 0 Å². The van der Waals surface area contributed by atoms with Gasteiger partial charge in [0.1, 0.15) is 5.82 Å². The number of thioether (sulfide) groups is 1. The van der Waals surface area contributed by atoms with E-state index in [1.807, 2.05) is 55.5 Å². The van der Waals surface area contributed by atoms with Gasteiger partial charge in [0.25, 0.3) is 0 Å². The summed E-state index contributed by atoms with van der Waals surface area (Å²) < 4.78 is 3.85. The largest absolute Gasteiger partial charge is 0.310 e. The minimum absolute atomic E-state index is 0.143. The van der Waals surface area contributed by atoms with Gasteiger partial charge in [-0.25, -0.2) is 9.67 Å². The number of nitrogens with zero attached hydrogens (tertiary/aromatic N) is 4. The molecule has 0 bridgehead atoms. The molecule has 0 spiro atoms. The molecule has 4 aromatic rings. The summed E-state index contributed by atoms with van der Waals surface area (Å²) in [6.45, 7) is 1.87. The van der Waals surface area contributed by atoms with Crippen molar-refractivity contribution in [3.05, 3.63) is 83.8 Å². The number of hydrogen-bond donors (Lipinski definition) is 1. The van der Waals surface area contributed by atoms with E-state index in [2.05, 4.69) is 27.1 Å². The molecule has 2 aromatic heterocycles. The van der Waals surface area contributed by atoms with Crippen molar-refractivity contribution in [2.45, 2.75) is 44.2 Å². The fourth-order valence-corrected chi connectivity index (χ4v) is 5.28. The highest BCUT2D eigenvalue weighted by molar-refractivity contribution is 7.99. The Kier molecular flexibility index (Phi) is 6.81. The van der Waals surface area contributed by atoms with Gasteiger partial charge in [-0.05, 0) is 56.9 Å². The Morgan fingerprint density at radius 1 is 0.971 bits per heavy atom. The summed E-state index contributed by atoms with van der Waals surface area (Å²) in [6, 6.07) is 21.5. The Balaban J connectivity index is 1.25. The van der Waals surface area contributed by atoms with Crippen molar-refractivity contribution in [3.63, 3.8) is 0 Å². The van der Waals surface area contributed by atoms with Gasteiger partial charge in [-0.1, -0.05) is 48.2 Å². The van der Waals surface area contributed by atoms with Gasteiger partial charge < -0.3 is 5.32 Å². The van der Waals surface area contributed by atoms with Gasteiger partial charge in [0, 0.05) is 17.4 Å². The van der Waals surface area contributed by atoms with E-state index < -0.39 is 0 Å². The molecule has 0 radical (unpaired) electrons. The molecule has 0 atom stereocenters. The molecular formula is C27H27N5O2S. The summed E-state index contributed by atoms with van der Waals surface area (Å²) in [6.07, 6.45) is 4.04. The van der Waals surface area contributed by atoms with E-state index in [-0.39, 0.29) is 23.9 Å². The molecule has 0 saturated heterocycles. The van der Waals surface area contributed by atoms with Crippen molar-refractivity contribution in [1.82, 2.24) is 19.3 Å². The molecule has 178 valence electrons. The van der Waals surface area contributed by atoms with Crippen LogP contribution in [0.15, 0.2) is 71.9 Å². The standard InChI is InChI=1S/C27H27N5O2S/c1-19-16-25(32(30-19)21-12-6-3-7-13-21)29-26(34)17-22(33)18-35-27-28-23-14-8-9-15-24(23)31(27)20-10-4-2-5-11-20/h2-7,10-13,16H,8-9,14-15,17-18H2,1H3,(H,29,34). The van der Waals surface area contributed by atoms with Crippen LogP contribution < -0.4 is 5.32 Å². The second kappa shape index (κ2) is 10.3. The second-order valence-electron chi connectivity index (χ2n) is 8.64.